The highest BCUT2D eigenvalue weighted by molar-refractivity contribution is 7.87. The summed E-state index contributed by atoms with van der Waals surface area (Å²) < 4.78 is 27.6. The molecule has 1 saturated heterocycles. The van der Waals surface area contributed by atoms with Gasteiger partial charge in [0.25, 0.3) is 0 Å². The first-order valence-electron chi connectivity index (χ1n) is 6.40. The molecular weight excluding hydrogens is 264 g/mol. The van der Waals surface area contributed by atoms with E-state index in [1.807, 2.05) is 6.07 Å². The molecule has 1 fully saturated rings. The van der Waals surface area contributed by atoms with E-state index in [1.54, 1.807) is 18.2 Å². The summed E-state index contributed by atoms with van der Waals surface area (Å²) in [7, 11) is -3.59. The maximum atomic E-state index is 12.6. The summed E-state index contributed by atoms with van der Waals surface area (Å²) >= 11 is 0. The van der Waals surface area contributed by atoms with Gasteiger partial charge in [0.1, 0.15) is 11.0 Å². The van der Waals surface area contributed by atoms with E-state index in [-0.39, 0.29) is 0 Å². The van der Waals surface area contributed by atoms with Crippen molar-refractivity contribution in [3.05, 3.63) is 24.3 Å². The van der Waals surface area contributed by atoms with Gasteiger partial charge in [-0.25, -0.2) is 0 Å². The summed E-state index contributed by atoms with van der Waals surface area (Å²) in [5.74, 6) is 0.582. The van der Waals surface area contributed by atoms with Crippen molar-refractivity contribution in [3.63, 3.8) is 0 Å². The first-order valence-corrected chi connectivity index (χ1v) is 7.80. The zero-order valence-electron chi connectivity index (χ0n) is 10.7. The minimum Gasteiger partial charge on any atom is -0.187 e. The van der Waals surface area contributed by atoms with E-state index >= 15 is 0 Å². The standard InChI is InChI=1S/C12H16N4O2S/c1-10-6-8-15(9-7-10)19(17,18)16-12-5-3-2-4-11(12)13-14-16/h2-5,10H,6-9H2,1H3. The molecule has 1 aromatic heterocycles. The fourth-order valence-corrected chi connectivity index (χ4v) is 3.77. The Labute approximate surface area is 112 Å². The SMILES string of the molecule is CC1CCN(S(=O)(=O)n2nnc3ccccc32)CC1. The molecule has 0 bridgehead atoms. The lowest BCUT2D eigenvalue weighted by molar-refractivity contribution is 0.284. The number of hydrogen-bond donors (Lipinski definition) is 0. The van der Waals surface area contributed by atoms with Crippen molar-refractivity contribution in [1.29, 1.82) is 0 Å². The second-order valence-electron chi connectivity index (χ2n) is 5.01. The van der Waals surface area contributed by atoms with E-state index in [9.17, 15) is 8.42 Å². The molecule has 0 saturated carbocycles. The van der Waals surface area contributed by atoms with E-state index in [2.05, 4.69) is 17.2 Å². The molecule has 3 rings (SSSR count). The summed E-state index contributed by atoms with van der Waals surface area (Å²) in [5, 5.41) is 7.70. The lowest BCUT2D eigenvalue weighted by atomic mass is 10.0. The monoisotopic (exact) mass is 280 g/mol. The zero-order chi connectivity index (χ0) is 13.5. The summed E-state index contributed by atoms with van der Waals surface area (Å²) in [6, 6.07) is 7.08. The zero-order valence-corrected chi connectivity index (χ0v) is 11.5. The number of piperidine rings is 1. The topological polar surface area (TPSA) is 68.1 Å². The van der Waals surface area contributed by atoms with Crippen molar-refractivity contribution in [2.75, 3.05) is 13.1 Å². The van der Waals surface area contributed by atoms with Gasteiger partial charge < -0.3 is 0 Å². The van der Waals surface area contributed by atoms with E-state index in [1.165, 1.54) is 4.31 Å². The van der Waals surface area contributed by atoms with Crippen LogP contribution in [0.15, 0.2) is 24.3 Å². The van der Waals surface area contributed by atoms with Crippen LogP contribution in [-0.4, -0.2) is 40.2 Å². The second kappa shape index (κ2) is 4.57. The van der Waals surface area contributed by atoms with Crippen LogP contribution >= 0.6 is 0 Å². The molecule has 19 heavy (non-hydrogen) atoms. The largest absolute Gasteiger partial charge is 0.324 e. The summed E-state index contributed by atoms with van der Waals surface area (Å²) in [5.41, 5.74) is 1.12. The van der Waals surface area contributed by atoms with Crippen LogP contribution in [0.5, 0.6) is 0 Å². The third kappa shape index (κ3) is 2.12. The second-order valence-corrected chi connectivity index (χ2v) is 6.77. The van der Waals surface area contributed by atoms with Crippen LogP contribution in [-0.2, 0) is 10.2 Å². The molecule has 0 aliphatic carbocycles. The maximum Gasteiger partial charge on any atom is 0.324 e. The molecule has 7 heteroatoms. The van der Waals surface area contributed by atoms with Crippen LogP contribution in [0.4, 0.5) is 0 Å². The van der Waals surface area contributed by atoms with Crippen molar-refractivity contribution in [3.8, 4) is 0 Å². The average molecular weight is 280 g/mol. The van der Waals surface area contributed by atoms with Crippen LogP contribution in [0.3, 0.4) is 0 Å². The molecule has 6 nitrogen and oxygen atoms in total. The van der Waals surface area contributed by atoms with Crippen LogP contribution < -0.4 is 0 Å². The van der Waals surface area contributed by atoms with Crippen molar-refractivity contribution in [2.24, 2.45) is 5.92 Å². The van der Waals surface area contributed by atoms with Gasteiger partial charge in [0, 0.05) is 13.1 Å². The van der Waals surface area contributed by atoms with Gasteiger partial charge in [-0.3, -0.25) is 0 Å². The fraction of sp³-hybridized carbons (Fsp3) is 0.500. The van der Waals surface area contributed by atoms with Crippen molar-refractivity contribution < 1.29 is 8.42 Å². The van der Waals surface area contributed by atoms with Crippen molar-refractivity contribution >= 4 is 21.2 Å². The molecule has 1 aliphatic rings. The molecule has 0 amide bonds. The maximum absolute atomic E-state index is 12.6. The van der Waals surface area contributed by atoms with Crippen molar-refractivity contribution in [1.82, 2.24) is 18.7 Å². The Morgan fingerprint density at radius 3 is 2.63 bits per heavy atom. The quantitative estimate of drug-likeness (QED) is 0.830. The minimum atomic E-state index is -3.59. The fourth-order valence-electron chi connectivity index (χ4n) is 2.34. The Hall–Kier alpha value is -1.47. The Morgan fingerprint density at radius 1 is 1.21 bits per heavy atom. The Kier molecular flexibility index (Phi) is 3.02. The molecule has 0 atom stereocenters. The van der Waals surface area contributed by atoms with Crippen LogP contribution in [0.1, 0.15) is 19.8 Å². The third-order valence-electron chi connectivity index (χ3n) is 3.61. The van der Waals surface area contributed by atoms with Gasteiger partial charge in [-0.1, -0.05) is 19.1 Å². The number of rotatable bonds is 2. The van der Waals surface area contributed by atoms with Gasteiger partial charge in [0.2, 0.25) is 0 Å². The lowest BCUT2D eigenvalue weighted by Gasteiger charge is -2.28. The number of nitrogens with zero attached hydrogens (tertiary/aromatic N) is 4. The number of fused-ring (bicyclic) bond motifs is 1. The number of aromatic nitrogens is 3. The molecule has 2 heterocycles. The Bertz CT molecular complexity index is 687. The lowest BCUT2D eigenvalue weighted by Crippen LogP contribution is -2.41. The van der Waals surface area contributed by atoms with E-state index < -0.39 is 10.2 Å². The minimum absolute atomic E-state index is 0.529. The van der Waals surface area contributed by atoms with Crippen LogP contribution in [0.2, 0.25) is 0 Å². The number of hydrogen-bond acceptors (Lipinski definition) is 4. The van der Waals surface area contributed by atoms with Crippen LogP contribution in [0.25, 0.3) is 11.0 Å². The van der Waals surface area contributed by atoms with Gasteiger partial charge in [-0.05, 0) is 36.1 Å². The number of para-hydroxylation sites is 1. The first kappa shape index (κ1) is 12.6. The van der Waals surface area contributed by atoms with Gasteiger partial charge >= 0.3 is 10.2 Å². The highest BCUT2D eigenvalue weighted by atomic mass is 32.2. The molecule has 0 unspecified atom stereocenters. The molecule has 0 N–H and O–H groups in total. The summed E-state index contributed by atoms with van der Waals surface area (Å²) in [4.78, 5) is 0. The van der Waals surface area contributed by atoms with Gasteiger partial charge in [-0.2, -0.15) is 12.7 Å². The van der Waals surface area contributed by atoms with Crippen molar-refractivity contribution in [2.45, 2.75) is 19.8 Å². The summed E-state index contributed by atoms with van der Waals surface area (Å²) in [6.45, 7) is 3.25. The molecule has 102 valence electrons. The van der Waals surface area contributed by atoms with Gasteiger partial charge in [0.15, 0.2) is 0 Å². The first-order chi connectivity index (χ1) is 9.09. The molecule has 1 aliphatic heterocycles. The van der Waals surface area contributed by atoms with Gasteiger partial charge in [-0.15, -0.1) is 9.19 Å². The number of benzene rings is 1. The van der Waals surface area contributed by atoms with E-state index in [4.69, 9.17) is 0 Å². The Balaban J connectivity index is 2.00. The van der Waals surface area contributed by atoms with E-state index in [0.717, 1.165) is 16.9 Å². The predicted molar refractivity (Wildman–Crippen MR) is 71.8 cm³/mol. The highest BCUT2D eigenvalue weighted by Gasteiger charge is 2.29. The molecular formula is C12H16N4O2S. The summed E-state index contributed by atoms with van der Waals surface area (Å²) in [6.07, 6.45) is 1.79. The average Bonchev–Trinajstić information content (AvgIpc) is 2.83. The van der Waals surface area contributed by atoms with Gasteiger partial charge in [0.05, 0.1) is 0 Å². The van der Waals surface area contributed by atoms with E-state index in [0.29, 0.717) is 30.0 Å². The Morgan fingerprint density at radius 2 is 1.89 bits per heavy atom. The highest BCUT2D eigenvalue weighted by Crippen LogP contribution is 2.21. The molecule has 0 spiro atoms. The molecule has 2 aromatic rings. The third-order valence-corrected chi connectivity index (χ3v) is 5.33. The molecule has 0 radical (unpaired) electrons. The van der Waals surface area contributed by atoms with Crippen LogP contribution in [0, 0.1) is 5.92 Å². The smallest absolute Gasteiger partial charge is 0.187 e. The molecule has 1 aromatic carbocycles. The predicted octanol–water partition coefficient (Wildman–Crippen LogP) is 1.26. The normalized spacial score (nSPS) is 19.0.